The summed E-state index contributed by atoms with van der Waals surface area (Å²) in [5.41, 5.74) is 9.52. The van der Waals surface area contributed by atoms with Gasteiger partial charge in [0, 0.05) is 24.3 Å². The van der Waals surface area contributed by atoms with Crippen molar-refractivity contribution in [1.29, 1.82) is 0 Å². The molecule has 1 heterocycles. The van der Waals surface area contributed by atoms with Gasteiger partial charge in [-0.15, -0.1) is 0 Å². The molecule has 2 rings (SSSR count). The van der Waals surface area contributed by atoms with Crippen LogP contribution in [-0.2, 0) is 6.54 Å². The van der Waals surface area contributed by atoms with Gasteiger partial charge in [-0.05, 0) is 50.8 Å². The molecule has 2 atom stereocenters. The summed E-state index contributed by atoms with van der Waals surface area (Å²) in [5.74, 6) is 0. The Balaban J connectivity index is 2.16. The maximum absolute atomic E-state index is 5.98. The number of nitrogens with two attached hydrogens (primary N) is 1. The number of benzene rings is 1. The number of hydrogen-bond acceptors (Lipinski definition) is 2. The van der Waals surface area contributed by atoms with Crippen LogP contribution in [0.2, 0.25) is 0 Å². The highest BCUT2D eigenvalue weighted by Gasteiger charge is 2.24. The summed E-state index contributed by atoms with van der Waals surface area (Å²) in [4.78, 5) is 2.62. The molecule has 0 saturated carbocycles. The van der Waals surface area contributed by atoms with Crippen molar-refractivity contribution in [2.24, 2.45) is 0 Å². The maximum atomic E-state index is 5.98. The van der Waals surface area contributed by atoms with E-state index in [4.69, 9.17) is 5.73 Å². The Morgan fingerprint density at radius 3 is 2.53 bits per heavy atom. The quantitative estimate of drug-likeness (QED) is 0.792. The van der Waals surface area contributed by atoms with Crippen molar-refractivity contribution in [3.8, 4) is 0 Å². The highest BCUT2D eigenvalue weighted by molar-refractivity contribution is 5.49. The van der Waals surface area contributed by atoms with Gasteiger partial charge in [-0.2, -0.15) is 0 Å². The molecule has 1 fully saturated rings. The molecule has 1 saturated heterocycles. The Labute approximate surface area is 105 Å². The lowest BCUT2D eigenvalue weighted by Crippen LogP contribution is -2.43. The maximum Gasteiger partial charge on any atom is 0.0346 e. The van der Waals surface area contributed by atoms with E-state index < -0.39 is 0 Å². The van der Waals surface area contributed by atoms with Crippen molar-refractivity contribution in [3.63, 3.8) is 0 Å². The molecular formula is C15H24N2. The van der Waals surface area contributed by atoms with E-state index in [0.29, 0.717) is 12.1 Å². The van der Waals surface area contributed by atoms with E-state index in [2.05, 4.69) is 37.8 Å². The number of nitrogens with zero attached hydrogens (tertiary/aromatic N) is 1. The second-order valence-electron chi connectivity index (χ2n) is 5.43. The van der Waals surface area contributed by atoms with Gasteiger partial charge in [-0.3, -0.25) is 4.90 Å². The lowest BCUT2D eigenvalue weighted by atomic mass is 9.96. The topological polar surface area (TPSA) is 29.3 Å². The van der Waals surface area contributed by atoms with Crippen LogP contribution in [-0.4, -0.2) is 17.0 Å². The number of piperidine rings is 1. The minimum absolute atomic E-state index is 0.694. The van der Waals surface area contributed by atoms with Gasteiger partial charge < -0.3 is 5.73 Å². The fraction of sp³-hybridized carbons (Fsp3) is 0.600. The van der Waals surface area contributed by atoms with Gasteiger partial charge in [-0.1, -0.05) is 18.6 Å². The summed E-state index contributed by atoms with van der Waals surface area (Å²) in [6.45, 7) is 7.86. The largest absolute Gasteiger partial charge is 0.399 e. The zero-order valence-electron chi connectivity index (χ0n) is 11.2. The smallest absolute Gasteiger partial charge is 0.0346 e. The fourth-order valence-corrected chi connectivity index (χ4v) is 2.86. The van der Waals surface area contributed by atoms with Crippen LogP contribution in [0.4, 0.5) is 5.69 Å². The van der Waals surface area contributed by atoms with E-state index in [-0.39, 0.29) is 0 Å². The number of anilines is 1. The molecular weight excluding hydrogens is 208 g/mol. The highest BCUT2D eigenvalue weighted by atomic mass is 15.2. The molecule has 0 amide bonds. The summed E-state index contributed by atoms with van der Waals surface area (Å²) in [7, 11) is 0. The molecule has 1 aromatic rings. The number of hydrogen-bond donors (Lipinski definition) is 1. The zero-order chi connectivity index (χ0) is 12.4. The molecule has 1 aliphatic rings. The Hall–Kier alpha value is -1.02. The molecule has 94 valence electrons. The second kappa shape index (κ2) is 5.09. The summed E-state index contributed by atoms with van der Waals surface area (Å²) in [6, 6.07) is 7.65. The number of rotatable bonds is 2. The molecule has 1 aromatic carbocycles. The van der Waals surface area contributed by atoms with Gasteiger partial charge >= 0.3 is 0 Å². The molecule has 0 bridgehead atoms. The van der Waals surface area contributed by atoms with E-state index in [1.165, 1.54) is 30.4 Å². The third kappa shape index (κ3) is 2.63. The first-order valence-electron chi connectivity index (χ1n) is 6.69. The van der Waals surface area contributed by atoms with Crippen molar-refractivity contribution in [2.45, 2.75) is 58.7 Å². The fourth-order valence-electron chi connectivity index (χ4n) is 2.86. The van der Waals surface area contributed by atoms with E-state index in [1.54, 1.807) is 0 Å². The lowest BCUT2D eigenvalue weighted by Gasteiger charge is -2.39. The van der Waals surface area contributed by atoms with Gasteiger partial charge in [0.1, 0.15) is 0 Å². The molecule has 0 aromatic heterocycles. The van der Waals surface area contributed by atoms with Crippen molar-refractivity contribution >= 4 is 5.69 Å². The molecule has 2 N–H and O–H groups in total. The summed E-state index contributed by atoms with van der Waals surface area (Å²) >= 11 is 0. The summed E-state index contributed by atoms with van der Waals surface area (Å²) in [6.07, 6.45) is 4.02. The van der Waals surface area contributed by atoms with Gasteiger partial charge in [-0.25, -0.2) is 0 Å². The Kier molecular flexibility index (Phi) is 3.72. The van der Waals surface area contributed by atoms with Crippen LogP contribution in [0, 0.1) is 6.92 Å². The third-order valence-corrected chi connectivity index (χ3v) is 4.22. The average Bonchev–Trinajstić information content (AvgIpc) is 2.29. The van der Waals surface area contributed by atoms with E-state index in [9.17, 15) is 0 Å². The van der Waals surface area contributed by atoms with Gasteiger partial charge in [0.25, 0.3) is 0 Å². The van der Waals surface area contributed by atoms with Crippen LogP contribution in [0.3, 0.4) is 0 Å². The average molecular weight is 232 g/mol. The van der Waals surface area contributed by atoms with Crippen LogP contribution in [0.1, 0.15) is 44.2 Å². The SMILES string of the molecule is Cc1c(N)cccc1CN1C(C)CCCC1C. The van der Waals surface area contributed by atoms with Crippen molar-refractivity contribution in [1.82, 2.24) is 4.90 Å². The highest BCUT2D eigenvalue weighted by Crippen LogP contribution is 2.26. The predicted octanol–water partition coefficient (Wildman–Crippen LogP) is 3.34. The Morgan fingerprint density at radius 2 is 1.88 bits per heavy atom. The third-order valence-electron chi connectivity index (χ3n) is 4.22. The lowest BCUT2D eigenvalue weighted by molar-refractivity contribution is 0.0951. The summed E-state index contributed by atoms with van der Waals surface area (Å²) < 4.78 is 0. The van der Waals surface area contributed by atoms with Crippen molar-refractivity contribution < 1.29 is 0 Å². The van der Waals surface area contributed by atoms with Crippen LogP contribution < -0.4 is 5.73 Å². The minimum Gasteiger partial charge on any atom is -0.399 e. The Morgan fingerprint density at radius 1 is 1.24 bits per heavy atom. The van der Waals surface area contributed by atoms with Crippen molar-refractivity contribution in [3.05, 3.63) is 29.3 Å². The molecule has 0 radical (unpaired) electrons. The molecule has 0 spiro atoms. The standard InChI is InChI=1S/C15H24N2/c1-11-6-4-7-12(2)17(11)10-14-8-5-9-15(16)13(14)3/h5,8-9,11-12H,4,6-7,10,16H2,1-3H3. The molecule has 17 heavy (non-hydrogen) atoms. The van der Waals surface area contributed by atoms with Crippen molar-refractivity contribution in [2.75, 3.05) is 5.73 Å². The zero-order valence-corrected chi connectivity index (χ0v) is 11.2. The van der Waals surface area contributed by atoms with Crippen LogP contribution in [0.25, 0.3) is 0 Å². The number of nitrogen functional groups attached to an aromatic ring is 1. The van der Waals surface area contributed by atoms with Gasteiger partial charge in [0.15, 0.2) is 0 Å². The normalized spacial score (nSPS) is 26.1. The van der Waals surface area contributed by atoms with E-state index in [0.717, 1.165) is 12.2 Å². The molecule has 2 heteroatoms. The second-order valence-corrected chi connectivity index (χ2v) is 5.43. The van der Waals surface area contributed by atoms with Gasteiger partial charge in [0.05, 0.1) is 0 Å². The number of likely N-dealkylation sites (tertiary alicyclic amines) is 1. The molecule has 2 nitrogen and oxygen atoms in total. The summed E-state index contributed by atoms with van der Waals surface area (Å²) in [5, 5.41) is 0. The van der Waals surface area contributed by atoms with E-state index in [1.807, 2.05) is 6.07 Å². The van der Waals surface area contributed by atoms with Crippen LogP contribution >= 0.6 is 0 Å². The molecule has 1 aliphatic heterocycles. The molecule has 0 aliphatic carbocycles. The van der Waals surface area contributed by atoms with E-state index >= 15 is 0 Å². The van der Waals surface area contributed by atoms with Crippen LogP contribution in [0.5, 0.6) is 0 Å². The first-order chi connectivity index (χ1) is 8.09. The van der Waals surface area contributed by atoms with Crippen LogP contribution in [0.15, 0.2) is 18.2 Å². The first-order valence-corrected chi connectivity index (χ1v) is 6.69. The Bertz CT molecular complexity index is 377. The first kappa shape index (κ1) is 12.4. The molecule has 2 unspecified atom stereocenters. The van der Waals surface area contributed by atoms with Gasteiger partial charge in [0.2, 0.25) is 0 Å². The minimum atomic E-state index is 0.694. The predicted molar refractivity (Wildman–Crippen MR) is 73.9 cm³/mol. The monoisotopic (exact) mass is 232 g/mol.